The van der Waals surface area contributed by atoms with E-state index in [9.17, 15) is 0 Å². The zero-order valence-corrected chi connectivity index (χ0v) is 28.8. The Morgan fingerprint density at radius 1 is 0.500 bits per heavy atom. The highest BCUT2D eigenvalue weighted by atomic mass is 16.4. The monoisotopic (exact) mass is 667 g/mol. The molecular weight excluding hydrogens is 635 g/mol. The first-order valence-corrected chi connectivity index (χ1v) is 17.9. The maximum atomic E-state index is 6.52. The lowest BCUT2D eigenvalue weighted by atomic mass is 9.82. The van der Waals surface area contributed by atoms with Crippen molar-refractivity contribution in [3.63, 3.8) is 0 Å². The molecule has 0 saturated carbocycles. The van der Waals surface area contributed by atoms with Gasteiger partial charge in [0.15, 0.2) is 5.58 Å². The van der Waals surface area contributed by atoms with E-state index < -0.39 is 0 Å². The van der Waals surface area contributed by atoms with Crippen LogP contribution < -0.4 is 0 Å². The Morgan fingerprint density at radius 2 is 1.17 bits per heavy atom. The van der Waals surface area contributed by atoms with Crippen molar-refractivity contribution in [3.05, 3.63) is 175 Å². The van der Waals surface area contributed by atoms with Gasteiger partial charge in [0.05, 0.1) is 22.2 Å². The quantitative estimate of drug-likeness (QED) is 0.187. The molecule has 10 aromatic rings. The lowest BCUT2D eigenvalue weighted by Crippen LogP contribution is -2.14. The van der Waals surface area contributed by atoms with Crippen molar-refractivity contribution in [2.24, 2.45) is 0 Å². The molecule has 7 aromatic carbocycles. The molecule has 0 radical (unpaired) electrons. The van der Waals surface area contributed by atoms with Gasteiger partial charge in [-0.3, -0.25) is 4.40 Å². The van der Waals surface area contributed by atoms with Crippen LogP contribution in [0.5, 0.6) is 0 Å². The molecule has 246 valence electrons. The summed E-state index contributed by atoms with van der Waals surface area (Å²) in [6.45, 7) is 4.65. The van der Waals surface area contributed by atoms with Gasteiger partial charge in [-0.05, 0) is 81.9 Å². The van der Waals surface area contributed by atoms with Crippen molar-refractivity contribution in [3.8, 4) is 50.5 Å². The van der Waals surface area contributed by atoms with Gasteiger partial charge in [-0.2, -0.15) is 4.98 Å². The van der Waals surface area contributed by atoms with Crippen LogP contribution in [-0.2, 0) is 5.41 Å². The number of para-hydroxylation sites is 2. The van der Waals surface area contributed by atoms with Crippen molar-refractivity contribution in [2.75, 3.05) is 0 Å². The van der Waals surface area contributed by atoms with Gasteiger partial charge in [-0.1, -0.05) is 129 Å². The number of fused-ring (bicyclic) bond motifs is 9. The van der Waals surface area contributed by atoms with Crippen molar-refractivity contribution in [1.29, 1.82) is 0 Å². The molecule has 3 heterocycles. The molecule has 1 aliphatic carbocycles. The number of rotatable bonds is 4. The molecule has 0 bridgehead atoms. The van der Waals surface area contributed by atoms with Crippen LogP contribution in [0.3, 0.4) is 0 Å². The lowest BCUT2D eigenvalue weighted by molar-refractivity contribution is 0.642. The standard InChI is InChI=1S/C48H33N3O/c1-48(2)39-19-11-9-17-35(39)36-24-21-33(28-40(36)48)45-46(30-13-5-3-6-14-30)51-43-29-32(23-26-44(43)52-47(51)49-45)31-22-25-42-38(27-31)37-18-10-12-20-41(37)50(42)34-15-7-4-8-16-34/h3-29H,1-2H3. The lowest BCUT2D eigenvalue weighted by Gasteiger charge is -2.21. The minimum Gasteiger partial charge on any atom is -0.423 e. The second-order valence-electron chi connectivity index (χ2n) is 14.4. The molecule has 11 rings (SSSR count). The Bertz CT molecular complexity index is 3030. The fraction of sp³-hybridized carbons (Fsp3) is 0.0625. The van der Waals surface area contributed by atoms with Crippen LogP contribution in [0.2, 0.25) is 0 Å². The average molecular weight is 668 g/mol. The van der Waals surface area contributed by atoms with E-state index in [0.717, 1.165) is 50.4 Å². The molecule has 0 unspecified atom stereocenters. The zero-order valence-electron chi connectivity index (χ0n) is 28.8. The van der Waals surface area contributed by atoms with Crippen molar-refractivity contribution in [2.45, 2.75) is 19.3 Å². The molecule has 52 heavy (non-hydrogen) atoms. The fourth-order valence-corrected chi connectivity index (χ4v) is 8.67. The second-order valence-corrected chi connectivity index (χ2v) is 14.4. The molecule has 0 saturated heterocycles. The molecular formula is C48H33N3O. The largest absolute Gasteiger partial charge is 0.423 e. The van der Waals surface area contributed by atoms with E-state index in [-0.39, 0.29) is 5.41 Å². The van der Waals surface area contributed by atoms with Crippen molar-refractivity contribution < 1.29 is 4.42 Å². The minimum atomic E-state index is -0.107. The SMILES string of the molecule is CC1(C)c2ccccc2-c2ccc(-c3nc4oc5ccc(-c6ccc7c(c6)c6ccccc6n7-c6ccccc6)cc5n4c3-c3ccccc3)cc21. The van der Waals surface area contributed by atoms with E-state index in [1.165, 1.54) is 44.1 Å². The molecule has 0 atom stereocenters. The van der Waals surface area contributed by atoms with Gasteiger partial charge in [-0.15, -0.1) is 0 Å². The van der Waals surface area contributed by atoms with Crippen LogP contribution in [0.25, 0.3) is 89.2 Å². The zero-order chi connectivity index (χ0) is 34.6. The van der Waals surface area contributed by atoms with Gasteiger partial charge < -0.3 is 8.98 Å². The van der Waals surface area contributed by atoms with Crippen LogP contribution in [0.4, 0.5) is 0 Å². The highest BCUT2D eigenvalue weighted by Crippen LogP contribution is 2.50. The molecule has 0 N–H and O–H groups in total. The first-order valence-electron chi connectivity index (χ1n) is 17.9. The van der Waals surface area contributed by atoms with Crippen LogP contribution in [0, 0.1) is 0 Å². The van der Waals surface area contributed by atoms with E-state index in [1.807, 2.05) is 0 Å². The van der Waals surface area contributed by atoms with E-state index >= 15 is 0 Å². The number of hydrogen-bond acceptors (Lipinski definition) is 2. The van der Waals surface area contributed by atoms with Crippen molar-refractivity contribution >= 4 is 38.7 Å². The first kappa shape index (κ1) is 29.1. The van der Waals surface area contributed by atoms with Crippen LogP contribution in [0.1, 0.15) is 25.0 Å². The van der Waals surface area contributed by atoms with E-state index in [2.05, 4.69) is 187 Å². The third-order valence-electron chi connectivity index (χ3n) is 11.2. The van der Waals surface area contributed by atoms with E-state index in [4.69, 9.17) is 9.40 Å². The Hall–Kier alpha value is -6.65. The Kier molecular flexibility index (Phi) is 5.98. The summed E-state index contributed by atoms with van der Waals surface area (Å²) >= 11 is 0. The number of imidazole rings is 1. The number of benzene rings is 7. The topological polar surface area (TPSA) is 35.4 Å². The number of aromatic nitrogens is 3. The minimum absolute atomic E-state index is 0.107. The summed E-state index contributed by atoms with van der Waals surface area (Å²) in [6, 6.07) is 58.8. The third-order valence-corrected chi connectivity index (χ3v) is 11.2. The fourth-order valence-electron chi connectivity index (χ4n) is 8.67. The molecule has 4 nitrogen and oxygen atoms in total. The highest BCUT2D eigenvalue weighted by Gasteiger charge is 2.35. The predicted octanol–water partition coefficient (Wildman–Crippen LogP) is 12.5. The molecule has 4 heteroatoms. The van der Waals surface area contributed by atoms with Crippen LogP contribution in [0.15, 0.2) is 168 Å². The summed E-state index contributed by atoms with van der Waals surface area (Å²) in [6.07, 6.45) is 0. The molecule has 0 amide bonds. The first-order chi connectivity index (χ1) is 25.5. The van der Waals surface area contributed by atoms with Gasteiger partial charge in [0.1, 0.15) is 5.69 Å². The van der Waals surface area contributed by atoms with Crippen LogP contribution in [-0.4, -0.2) is 14.0 Å². The summed E-state index contributed by atoms with van der Waals surface area (Å²) in [7, 11) is 0. The molecule has 0 spiro atoms. The van der Waals surface area contributed by atoms with Gasteiger partial charge in [0, 0.05) is 33.0 Å². The Balaban J connectivity index is 1.11. The molecule has 0 aliphatic heterocycles. The molecule has 1 aliphatic rings. The maximum absolute atomic E-state index is 6.52. The van der Waals surface area contributed by atoms with Gasteiger partial charge in [0.25, 0.3) is 0 Å². The average Bonchev–Trinajstić information content (AvgIpc) is 3.91. The Labute approximate surface area is 300 Å². The predicted molar refractivity (Wildman–Crippen MR) is 213 cm³/mol. The Morgan fingerprint density at radius 3 is 2.04 bits per heavy atom. The smallest absolute Gasteiger partial charge is 0.307 e. The van der Waals surface area contributed by atoms with Gasteiger partial charge >= 0.3 is 5.84 Å². The summed E-state index contributed by atoms with van der Waals surface area (Å²) in [4.78, 5) is 5.22. The summed E-state index contributed by atoms with van der Waals surface area (Å²) in [5.74, 6) is 0.588. The van der Waals surface area contributed by atoms with Crippen molar-refractivity contribution in [1.82, 2.24) is 14.0 Å². The van der Waals surface area contributed by atoms with Gasteiger partial charge in [0.2, 0.25) is 0 Å². The third kappa shape index (κ3) is 4.06. The maximum Gasteiger partial charge on any atom is 0.307 e. The van der Waals surface area contributed by atoms with Crippen LogP contribution >= 0.6 is 0 Å². The normalized spacial score (nSPS) is 13.3. The summed E-state index contributed by atoms with van der Waals surface area (Å²) in [5, 5.41) is 2.46. The highest BCUT2D eigenvalue weighted by molar-refractivity contribution is 6.10. The number of nitrogens with zero attached hydrogens (tertiary/aromatic N) is 3. The number of oxazole rings is 1. The van der Waals surface area contributed by atoms with Gasteiger partial charge in [-0.25, -0.2) is 0 Å². The number of hydrogen-bond donors (Lipinski definition) is 0. The summed E-state index contributed by atoms with van der Waals surface area (Å²) in [5.41, 5.74) is 16.9. The molecule has 3 aromatic heterocycles. The second kappa shape index (κ2) is 10.7. The summed E-state index contributed by atoms with van der Waals surface area (Å²) < 4.78 is 11.1. The van der Waals surface area contributed by atoms with E-state index in [1.54, 1.807) is 0 Å². The molecule has 0 fully saturated rings. The van der Waals surface area contributed by atoms with E-state index in [0.29, 0.717) is 5.84 Å².